The lowest BCUT2D eigenvalue weighted by molar-refractivity contribution is -0.136. The van der Waals surface area contributed by atoms with Gasteiger partial charge in [-0.2, -0.15) is 0 Å². The minimum Gasteiger partial charge on any atom is -0.465 e. The van der Waals surface area contributed by atoms with E-state index in [9.17, 15) is 9.59 Å². The Labute approximate surface area is 166 Å². The van der Waals surface area contributed by atoms with Gasteiger partial charge < -0.3 is 9.64 Å². The second kappa shape index (κ2) is 8.26. The molecule has 0 atom stereocenters. The van der Waals surface area contributed by atoms with Crippen molar-refractivity contribution in [2.24, 2.45) is 0 Å². The second-order valence-corrected chi connectivity index (χ2v) is 6.98. The number of nitrogens with zero attached hydrogens (tertiary/aromatic N) is 1. The number of hydrogen-bond acceptors (Lipinski definition) is 3. The van der Waals surface area contributed by atoms with Crippen molar-refractivity contribution < 1.29 is 14.3 Å². The first-order chi connectivity index (χ1) is 13.4. The minimum absolute atomic E-state index is 0.182. The first kappa shape index (κ1) is 19.6. The molecule has 28 heavy (non-hydrogen) atoms. The fourth-order valence-electron chi connectivity index (χ4n) is 3.31. The molecule has 1 amide bonds. The minimum atomic E-state index is -0.492. The van der Waals surface area contributed by atoms with Crippen LogP contribution in [0.3, 0.4) is 0 Å². The van der Waals surface area contributed by atoms with E-state index >= 15 is 0 Å². The van der Waals surface area contributed by atoms with Crippen LogP contribution in [0.4, 0.5) is 0 Å². The predicted octanol–water partition coefficient (Wildman–Crippen LogP) is 4.43. The standard InChI is InChI=1S/C24H25NO3/c1-5-18-10-12-19(13-11-18)14-21-22(24(27)28-4)17(3)25(23(21)26)15-20-8-6-16(2)7-9-20/h6-14H,5,15H2,1-4H3/b21-14-. The number of benzene rings is 2. The highest BCUT2D eigenvalue weighted by molar-refractivity contribution is 6.16. The van der Waals surface area contributed by atoms with Crippen molar-refractivity contribution in [3.05, 3.63) is 87.6 Å². The number of ether oxygens (including phenoxy) is 1. The van der Waals surface area contributed by atoms with Crippen LogP contribution in [-0.2, 0) is 27.3 Å². The highest BCUT2D eigenvalue weighted by Crippen LogP contribution is 2.32. The number of allylic oxidation sites excluding steroid dienone is 1. The Kier molecular flexibility index (Phi) is 5.78. The van der Waals surface area contributed by atoms with Gasteiger partial charge in [0.05, 0.1) is 24.8 Å². The number of carbonyl (C=O) groups excluding carboxylic acids is 2. The molecule has 1 aliphatic rings. The van der Waals surface area contributed by atoms with Crippen LogP contribution in [0.15, 0.2) is 65.4 Å². The first-order valence-electron chi connectivity index (χ1n) is 9.42. The molecule has 0 saturated carbocycles. The summed E-state index contributed by atoms with van der Waals surface area (Å²) in [6.45, 7) is 6.32. The Hall–Kier alpha value is -3.14. The Morgan fingerprint density at radius 1 is 1.00 bits per heavy atom. The number of aryl methyl sites for hydroxylation is 2. The van der Waals surface area contributed by atoms with Crippen LogP contribution in [-0.4, -0.2) is 23.9 Å². The third-order valence-corrected chi connectivity index (χ3v) is 5.06. The maximum absolute atomic E-state index is 13.2. The van der Waals surface area contributed by atoms with Crippen molar-refractivity contribution in [3.8, 4) is 0 Å². The van der Waals surface area contributed by atoms with Gasteiger partial charge in [0.2, 0.25) is 0 Å². The summed E-state index contributed by atoms with van der Waals surface area (Å²) in [5.41, 5.74) is 5.60. The zero-order valence-electron chi connectivity index (χ0n) is 16.8. The summed E-state index contributed by atoms with van der Waals surface area (Å²) in [7, 11) is 1.34. The second-order valence-electron chi connectivity index (χ2n) is 6.98. The summed E-state index contributed by atoms with van der Waals surface area (Å²) >= 11 is 0. The van der Waals surface area contributed by atoms with Gasteiger partial charge in [0.1, 0.15) is 0 Å². The maximum Gasteiger partial charge on any atom is 0.340 e. The van der Waals surface area contributed by atoms with Crippen LogP contribution in [0.25, 0.3) is 6.08 Å². The van der Waals surface area contributed by atoms with Crippen LogP contribution in [0.1, 0.15) is 36.1 Å². The molecule has 0 aromatic heterocycles. The molecule has 2 aromatic carbocycles. The van der Waals surface area contributed by atoms with Gasteiger partial charge in [-0.3, -0.25) is 4.79 Å². The molecule has 0 bridgehead atoms. The summed E-state index contributed by atoms with van der Waals surface area (Å²) < 4.78 is 4.96. The van der Waals surface area contributed by atoms with E-state index in [4.69, 9.17) is 4.74 Å². The Balaban J connectivity index is 1.98. The van der Waals surface area contributed by atoms with Gasteiger partial charge >= 0.3 is 5.97 Å². The Bertz CT molecular complexity index is 950. The molecule has 0 spiro atoms. The van der Waals surface area contributed by atoms with Crippen molar-refractivity contribution in [2.45, 2.75) is 33.7 Å². The zero-order chi connectivity index (χ0) is 20.3. The molecule has 144 valence electrons. The topological polar surface area (TPSA) is 46.6 Å². The van der Waals surface area contributed by atoms with E-state index in [2.05, 4.69) is 6.92 Å². The monoisotopic (exact) mass is 375 g/mol. The molecule has 0 aliphatic carbocycles. The van der Waals surface area contributed by atoms with E-state index in [1.54, 1.807) is 17.9 Å². The molecular formula is C24H25NO3. The molecule has 4 heteroatoms. The van der Waals surface area contributed by atoms with Gasteiger partial charge in [0, 0.05) is 5.70 Å². The van der Waals surface area contributed by atoms with Gasteiger partial charge in [-0.15, -0.1) is 0 Å². The predicted molar refractivity (Wildman–Crippen MR) is 110 cm³/mol. The zero-order valence-corrected chi connectivity index (χ0v) is 16.8. The molecule has 2 aromatic rings. The molecule has 0 radical (unpaired) electrons. The average Bonchev–Trinajstić information content (AvgIpc) is 2.94. The van der Waals surface area contributed by atoms with Gasteiger partial charge in [0.25, 0.3) is 5.91 Å². The number of methoxy groups -OCH3 is 1. The van der Waals surface area contributed by atoms with Gasteiger partial charge in [-0.05, 0) is 43.0 Å². The Morgan fingerprint density at radius 3 is 2.18 bits per heavy atom. The lowest BCUT2D eigenvalue weighted by Crippen LogP contribution is -2.24. The third-order valence-electron chi connectivity index (χ3n) is 5.06. The summed E-state index contributed by atoms with van der Waals surface area (Å²) in [5.74, 6) is -0.674. The molecule has 0 unspecified atom stereocenters. The SMILES string of the molecule is CCc1ccc(/C=C2\C(=O)N(Cc3ccc(C)cc3)C(C)=C2C(=O)OC)cc1. The number of esters is 1. The van der Waals surface area contributed by atoms with E-state index < -0.39 is 5.97 Å². The highest BCUT2D eigenvalue weighted by Gasteiger charge is 2.36. The van der Waals surface area contributed by atoms with E-state index in [-0.39, 0.29) is 5.91 Å². The molecule has 1 aliphatic heterocycles. The first-order valence-corrected chi connectivity index (χ1v) is 9.42. The van der Waals surface area contributed by atoms with E-state index in [0.29, 0.717) is 23.4 Å². The van der Waals surface area contributed by atoms with Crippen molar-refractivity contribution in [1.29, 1.82) is 0 Å². The van der Waals surface area contributed by atoms with Crippen LogP contribution >= 0.6 is 0 Å². The fraction of sp³-hybridized carbons (Fsp3) is 0.250. The van der Waals surface area contributed by atoms with Crippen LogP contribution < -0.4 is 0 Å². The molecule has 3 rings (SSSR count). The van der Waals surface area contributed by atoms with Crippen LogP contribution in [0.5, 0.6) is 0 Å². The number of rotatable bonds is 5. The molecule has 0 N–H and O–H groups in total. The van der Waals surface area contributed by atoms with E-state index in [1.807, 2.05) is 55.5 Å². The average molecular weight is 375 g/mol. The van der Waals surface area contributed by atoms with E-state index in [1.165, 1.54) is 12.7 Å². The van der Waals surface area contributed by atoms with Gasteiger partial charge in [0.15, 0.2) is 0 Å². The molecule has 1 heterocycles. The molecule has 0 saturated heterocycles. The summed E-state index contributed by atoms with van der Waals surface area (Å²) in [5, 5.41) is 0. The van der Waals surface area contributed by atoms with Crippen molar-refractivity contribution in [3.63, 3.8) is 0 Å². The quantitative estimate of drug-likeness (QED) is 0.574. The largest absolute Gasteiger partial charge is 0.465 e. The number of hydrogen-bond donors (Lipinski definition) is 0. The molecular weight excluding hydrogens is 350 g/mol. The van der Waals surface area contributed by atoms with Crippen LogP contribution in [0, 0.1) is 6.92 Å². The van der Waals surface area contributed by atoms with Crippen LogP contribution in [0.2, 0.25) is 0 Å². The molecule has 4 nitrogen and oxygen atoms in total. The number of amides is 1. The highest BCUT2D eigenvalue weighted by atomic mass is 16.5. The molecule has 0 fully saturated rings. The van der Waals surface area contributed by atoms with Gasteiger partial charge in [-0.1, -0.05) is 61.0 Å². The van der Waals surface area contributed by atoms with E-state index in [0.717, 1.165) is 23.1 Å². The lowest BCUT2D eigenvalue weighted by atomic mass is 10.0. The Morgan fingerprint density at radius 2 is 1.61 bits per heavy atom. The summed E-state index contributed by atoms with van der Waals surface area (Å²) in [4.78, 5) is 27.2. The van der Waals surface area contributed by atoms with Gasteiger partial charge in [-0.25, -0.2) is 4.79 Å². The van der Waals surface area contributed by atoms with Crippen molar-refractivity contribution in [2.75, 3.05) is 7.11 Å². The smallest absolute Gasteiger partial charge is 0.340 e. The lowest BCUT2D eigenvalue weighted by Gasteiger charge is -2.18. The maximum atomic E-state index is 13.2. The summed E-state index contributed by atoms with van der Waals surface area (Å²) in [6, 6.07) is 16.0. The summed E-state index contributed by atoms with van der Waals surface area (Å²) in [6.07, 6.45) is 2.72. The van der Waals surface area contributed by atoms with Crippen molar-refractivity contribution in [1.82, 2.24) is 4.90 Å². The van der Waals surface area contributed by atoms with Crippen molar-refractivity contribution >= 4 is 18.0 Å². The fourth-order valence-corrected chi connectivity index (χ4v) is 3.31. The third kappa shape index (κ3) is 3.91. The normalized spacial score (nSPS) is 15.5. The number of carbonyl (C=O) groups is 2.